The summed E-state index contributed by atoms with van der Waals surface area (Å²) in [7, 11) is 0. The topological polar surface area (TPSA) is 12.5 Å². The van der Waals surface area contributed by atoms with Gasteiger partial charge >= 0.3 is 0 Å². The van der Waals surface area contributed by atoms with E-state index in [0.717, 1.165) is 6.61 Å². The van der Waals surface area contributed by atoms with E-state index >= 15 is 0 Å². The van der Waals surface area contributed by atoms with Crippen molar-refractivity contribution in [3.05, 3.63) is 34.9 Å². The van der Waals surface area contributed by atoms with Crippen molar-refractivity contribution >= 4 is 0 Å². The number of benzene rings is 1. The second-order valence-corrected chi connectivity index (χ2v) is 3.18. The molecule has 0 radical (unpaired) electrons. The van der Waals surface area contributed by atoms with Gasteiger partial charge in [-0.2, -0.15) is 0 Å². The summed E-state index contributed by atoms with van der Waals surface area (Å²) >= 11 is 0. The molecule has 1 heterocycles. The number of hydrogen-bond donors (Lipinski definition) is 0. The van der Waals surface area contributed by atoms with Gasteiger partial charge in [0.15, 0.2) is 0 Å². The number of hydrogen-bond acceptors (Lipinski definition) is 1. The maximum Gasteiger partial charge on any atom is 0.106 e. The van der Waals surface area contributed by atoms with Gasteiger partial charge in [-0.1, -0.05) is 23.8 Å². The van der Waals surface area contributed by atoms with Crippen LogP contribution in [0.1, 0.15) is 22.8 Å². The zero-order chi connectivity index (χ0) is 7.84. The van der Waals surface area contributed by atoms with E-state index in [-0.39, 0.29) is 0 Å². The highest BCUT2D eigenvalue weighted by Crippen LogP contribution is 2.32. The lowest BCUT2D eigenvalue weighted by atomic mass is 10.0. The standard InChI is InChI=1S/C10H12O/c1-7-3-4-8(2)9(5-7)10-6-11-10/h3-5,10H,6H2,1-2H3. The van der Waals surface area contributed by atoms with Gasteiger partial charge in [0.25, 0.3) is 0 Å². The molecule has 0 aliphatic carbocycles. The number of rotatable bonds is 1. The fourth-order valence-electron chi connectivity index (χ4n) is 1.33. The highest BCUT2D eigenvalue weighted by Gasteiger charge is 2.25. The Morgan fingerprint density at radius 2 is 2.09 bits per heavy atom. The predicted octanol–water partition coefficient (Wildman–Crippen LogP) is 2.37. The molecule has 1 atom stereocenters. The SMILES string of the molecule is Cc1ccc(C)c(C2CO2)c1. The first kappa shape index (κ1) is 6.86. The molecule has 1 aliphatic rings. The first-order valence-corrected chi connectivity index (χ1v) is 3.96. The molecule has 1 saturated heterocycles. The molecule has 1 aromatic carbocycles. The van der Waals surface area contributed by atoms with E-state index in [1.165, 1.54) is 16.7 Å². The molecule has 0 bridgehead atoms. The molecule has 58 valence electrons. The van der Waals surface area contributed by atoms with E-state index in [4.69, 9.17) is 4.74 Å². The molecule has 2 rings (SSSR count). The lowest BCUT2D eigenvalue weighted by Gasteiger charge is -2.02. The Hall–Kier alpha value is -0.820. The molecule has 0 N–H and O–H groups in total. The molecule has 0 spiro atoms. The van der Waals surface area contributed by atoms with Gasteiger partial charge in [0.05, 0.1) is 6.61 Å². The van der Waals surface area contributed by atoms with Crippen molar-refractivity contribution in [2.24, 2.45) is 0 Å². The van der Waals surface area contributed by atoms with Crippen LogP contribution in [-0.2, 0) is 4.74 Å². The molecule has 1 aromatic rings. The lowest BCUT2D eigenvalue weighted by Crippen LogP contribution is -1.87. The Bertz CT molecular complexity index is 274. The summed E-state index contributed by atoms with van der Waals surface area (Å²) in [5, 5.41) is 0. The highest BCUT2D eigenvalue weighted by atomic mass is 16.6. The molecule has 1 aliphatic heterocycles. The molecule has 1 heteroatoms. The van der Waals surface area contributed by atoms with Gasteiger partial charge in [0.2, 0.25) is 0 Å². The van der Waals surface area contributed by atoms with Crippen molar-refractivity contribution in [2.75, 3.05) is 6.61 Å². The Morgan fingerprint density at radius 3 is 2.73 bits per heavy atom. The summed E-state index contributed by atoms with van der Waals surface area (Å²) in [6.45, 7) is 5.16. The van der Waals surface area contributed by atoms with Crippen molar-refractivity contribution in [3.8, 4) is 0 Å². The van der Waals surface area contributed by atoms with Gasteiger partial charge in [-0.05, 0) is 25.0 Å². The third-order valence-electron chi connectivity index (χ3n) is 2.11. The normalized spacial score (nSPS) is 21.8. The maximum absolute atomic E-state index is 5.23. The summed E-state index contributed by atoms with van der Waals surface area (Å²) in [5.41, 5.74) is 4.03. The van der Waals surface area contributed by atoms with Crippen LogP contribution in [0.5, 0.6) is 0 Å². The van der Waals surface area contributed by atoms with Crippen LogP contribution in [0, 0.1) is 13.8 Å². The first-order valence-electron chi connectivity index (χ1n) is 3.96. The Kier molecular flexibility index (Phi) is 1.46. The van der Waals surface area contributed by atoms with Gasteiger partial charge < -0.3 is 4.74 Å². The second kappa shape index (κ2) is 2.35. The predicted molar refractivity (Wildman–Crippen MR) is 44.6 cm³/mol. The average Bonchev–Trinajstić information content (AvgIpc) is 2.76. The molecule has 11 heavy (non-hydrogen) atoms. The van der Waals surface area contributed by atoms with Crippen molar-refractivity contribution in [1.29, 1.82) is 0 Å². The summed E-state index contributed by atoms with van der Waals surface area (Å²) < 4.78 is 5.23. The number of ether oxygens (including phenoxy) is 1. The fraction of sp³-hybridized carbons (Fsp3) is 0.400. The summed E-state index contributed by atoms with van der Waals surface area (Å²) in [6, 6.07) is 6.51. The van der Waals surface area contributed by atoms with Crippen LogP contribution in [0.4, 0.5) is 0 Å². The van der Waals surface area contributed by atoms with Crippen LogP contribution in [0.15, 0.2) is 18.2 Å². The van der Waals surface area contributed by atoms with Gasteiger partial charge in [-0.3, -0.25) is 0 Å². The largest absolute Gasteiger partial charge is 0.368 e. The third kappa shape index (κ3) is 1.29. The Morgan fingerprint density at radius 1 is 1.36 bits per heavy atom. The monoisotopic (exact) mass is 148 g/mol. The van der Waals surface area contributed by atoms with Crippen LogP contribution in [0.3, 0.4) is 0 Å². The van der Waals surface area contributed by atoms with Crippen LogP contribution in [-0.4, -0.2) is 6.61 Å². The quantitative estimate of drug-likeness (QED) is 0.557. The first-order chi connectivity index (χ1) is 5.27. The van der Waals surface area contributed by atoms with Crippen molar-refractivity contribution < 1.29 is 4.74 Å². The number of epoxide rings is 1. The molecular formula is C10H12O. The maximum atomic E-state index is 5.23. The van der Waals surface area contributed by atoms with E-state index in [9.17, 15) is 0 Å². The average molecular weight is 148 g/mol. The van der Waals surface area contributed by atoms with Crippen molar-refractivity contribution in [3.63, 3.8) is 0 Å². The fourth-order valence-corrected chi connectivity index (χ4v) is 1.33. The number of aryl methyl sites for hydroxylation is 2. The molecular weight excluding hydrogens is 136 g/mol. The lowest BCUT2D eigenvalue weighted by molar-refractivity contribution is 0.415. The van der Waals surface area contributed by atoms with Crippen molar-refractivity contribution in [1.82, 2.24) is 0 Å². The summed E-state index contributed by atoms with van der Waals surface area (Å²) in [4.78, 5) is 0. The van der Waals surface area contributed by atoms with E-state index in [1.54, 1.807) is 0 Å². The minimum atomic E-state index is 0.398. The highest BCUT2D eigenvalue weighted by molar-refractivity contribution is 5.33. The molecule has 0 amide bonds. The van der Waals surface area contributed by atoms with E-state index in [1.807, 2.05) is 0 Å². The van der Waals surface area contributed by atoms with E-state index < -0.39 is 0 Å². The minimum absolute atomic E-state index is 0.398. The van der Waals surface area contributed by atoms with Gasteiger partial charge in [0, 0.05) is 0 Å². The van der Waals surface area contributed by atoms with Crippen LogP contribution >= 0.6 is 0 Å². The smallest absolute Gasteiger partial charge is 0.106 e. The van der Waals surface area contributed by atoms with Crippen LogP contribution in [0.2, 0.25) is 0 Å². The van der Waals surface area contributed by atoms with E-state index in [0.29, 0.717) is 6.10 Å². The molecule has 0 aromatic heterocycles. The summed E-state index contributed by atoms with van der Waals surface area (Å²) in [5.74, 6) is 0. The minimum Gasteiger partial charge on any atom is -0.368 e. The van der Waals surface area contributed by atoms with Crippen LogP contribution in [0.25, 0.3) is 0 Å². The molecule has 1 fully saturated rings. The Balaban J connectivity index is 2.42. The van der Waals surface area contributed by atoms with Crippen molar-refractivity contribution in [2.45, 2.75) is 20.0 Å². The zero-order valence-electron chi connectivity index (χ0n) is 6.92. The second-order valence-electron chi connectivity index (χ2n) is 3.18. The zero-order valence-corrected chi connectivity index (χ0v) is 6.92. The molecule has 1 nitrogen and oxygen atoms in total. The molecule has 1 unspecified atom stereocenters. The Labute approximate surface area is 67.0 Å². The van der Waals surface area contributed by atoms with Gasteiger partial charge in [0.1, 0.15) is 6.10 Å². The van der Waals surface area contributed by atoms with Gasteiger partial charge in [-0.25, -0.2) is 0 Å². The summed E-state index contributed by atoms with van der Waals surface area (Å²) in [6.07, 6.45) is 0.398. The van der Waals surface area contributed by atoms with E-state index in [2.05, 4.69) is 32.0 Å². The van der Waals surface area contributed by atoms with Crippen LogP contribution < -0.4 is 0 Å². The third-order valence-corrected chi connectivity index (χ3v) is 2.11. The van der Waals surface area contributed by atoms with Gasteiger partial charge in [-0.15, -0.1) is 0 Å². The molecule has 0 saturated carbocycles.